The first-order chi connectivity index (χ1) is 24.0. The summed E-state index contributed by atoms with van der Waals surface area (Å²) in [4.78, 5) is 30.0. The molecular formula is C35H42F9N3O5. The van der Waals surface area contributed by atoms with E-state index in [0.29, 0.717) is 38.4 Å². The molecule has 4 rings (SSSR count). The lowest BCUT2D eigenvalue weighted by atomic mass is 9.86. The molecule has 1 fully saturated rings. The SMILES string of the molecule is CC[C@@H]1C[C@H](N(Cc2cc(C(F)(F)F)cc(C(F)(F)F)c2)[C@@H](C)C(C)N2CCOCC2)c2cc(C(F)(F)F)ccc2N1C(=O)OCC(C)(C)C(=O)O. The van der Waals surface area contributed by atoms with Crippen molar-refractivity contribution >= 4 is 17.7 Å². The number of morpholine rings is 1. The molecule has 0 spiro atoms. The van der Waals surface area contributed by atoms with Crippen LogP contribution in [0.15, 0.2) is 36.4 Å². The maximum Gasteiger partial charge on any atom is 0.416 e. The van der Waals surface area contributed by atoms with Gasteiger partial charge in [-0.05, 0) is 88.1 Å². The number of hydrogen-bond acceptors (Lipinski definition) is 6. The van der Waals surface area contributed by atoms with Crippen molar-refractivity contribution in [2.24, 2.45) is 5.41 Å². The number of nitrogens with zero attached hydrogens (tertiary/aromatic N) is 3. The standard InChI is InChI=1S/C35H42F9N3O5/c1-6-26-17-29(27-16-23(33(36,37)38)7-8-28(27)47(26)31(50)52-19-32(4,5)30(48)49)46(21(3)20(2)45-9-11-51-12-10-45)18-22-13-24(34(39,40)41)15-25(14-22)35(42,43)44/h7-8,13-16,20-21,26,29H,6,9-12,17-19H2,1-5H3,(H,48,49)/t20?,21-,26+,29-/m0/s1. The Morgan fingerprint density at radius 2 is 1.46 bits per heavy atom. The van der Waals surface area contributed by atoms with Gasteiger partial charge >= 0.3 is 30.6 Å². The van der Waals surface area contributed by atoms with Crippen molar-refractivity contribution in [3.63, 3.8) is 0 Å². The van der Waals surface area contributed by atoms with Gasteiger partial charge in [0.2, 0.25) is 0 Å². The van der Waals surface area contributed by atoms with Gasteiger partial charge in [-0.25, -0.2) is 4.79 Å². The average Bonchev–Trinajstić information content (AvgIpc) is 3.07. The van der Waals surface area contributed by atoms with Crippen LogP contribution in [0.2, 0.25) is 0 Å². The van der Waals surface area contributed by atoms with Crippen LogP contribution in [0, 0.1) is 5.41 Å². The number of carboxylic acids is 1. The number of fused-ring (bicyclic) bond motifs is 1. The lowest BCUT2D eigenvalue weighted by molar-refractivity contribution is -0.149. The molecule has 2 heterocycles. The van der Waals surface area contributed by atoms with Crippen LogP contribution < -0.4 is 4.90 Å². The van der Waals surface area contributed by atoms with Gasteiger partial charge in [0.1, 0.15) is 6.61 Å². The third-order valence-corrected chi connectivity index (χ3v) is 9.89. The highest BCUT2D eigenvalue weighted by Crippen LogP contribution is 2.46. The van der Waals surface area contributed by atoms with Gasteiger partial charge < -0.3 is 14.6 Å². The van der Waals surface area contributed by atoms with Crippen molar-refractivity contribution < 1.29 is 63.7 Å². The Bertz CT molecular complexity index is 1560. The largest absolute Gasteiger partial charge is 0.481 e. The number of rotatable bonds is 10. The normalized spacial score (nSPS) is 20.4. The van der Waals surface area contributed by atoms with Gasteiger partial charge in [0.25, 0.3) is 0 Å². The second-order valence-corrected chi connectivity index (χ2v) is 13.9. The van der Waals surface area contributed by atoms with Crippen LogP contribution in [0.5, 0.6) is 0 Å². The molecule has 2 aliphatic heterocycles. The van der Waals surface area contributed by atoms with Crippen LogP contribution >= 0.6 is 0 Å². The Morgan fingerprint density at radius 1 is 0.904 bits per heavy atom. The molecular weight excluding hydrogens is 713 g/mol. The fourth-order valence-corrected chi connectivity index (χ4v) is 6.61. The summed E-state index contributed by atoms with van der Waals surface area (Å²) < 4.78 is 137. The molecule has 2 aromatic carbocycles. The number of carbonyl (C=O) groups is 2. The van der Waals surface area contributed by atoms with E-state index in [9.17, 15) is 54.2 Å². The summed E-state index contributed by atoms with van der Waals surface area (Å²) in [7, 11) is 0. The third-order valence-electron chi connectivity index (χ3n) is 9.89. The lowest BCUT2D eigenvalue weighted by Gasteiger charge is -2.48. The fraction of sp³-hybridized carbons (Fsp3) is 0.600. The number of hydrogen-bond donors (Lipinski definition) is 1. The zero-order chi connectivity index (χ0) is 39.0. The average molecular weight is 756 g/mol. The molecule has 52 heavy (non-hydrogen) atoms. The summed E-state index contributed by atoms with van der Waals surface area (Å²) in [6.07, 6.45) is -16.0. The van der Waals surface area contributed by atoms with Crippen molar-refractivity contribution in [3.05, 3.63) is 64.2 Å². The van der Waals surface area contributed by atoms with E-state index >= 15 is 0 Å². The molecule has 2 aromatic rings. The highest BCUT2D eigenvalue weighted by molar-refractivity contribution is 5.90. The number of alkyl halides is 9. The number of amides is 1. The lowest BCUT2D eigenvalue weighted by Crippen LogP contribution is -2.55. The molecule has 1 amide bonds. The maximum atomic E-state index is 14.2. The number of halogens is 9. The predicted octanol–water partition coefficient (Wildman–Crippen LogP) is 8.63. The topological polar surface area (TPSA) is 82.5 Å². The number of anilines is 1. The highest BCUT2D eigenvalue weighted by Gasteiger charge is 2.44. The molecule has 0 aromatic heterocycles. The van der Waals surface area contributed by atoms with Crippen LogP contribution in [0.1, 0.15) is 81.3 Å². The van der Waals surface area contributed by atoms with Crippen molar-refractivity contribution in [3.8, 4) is 0 Å². The van der Waals surface area contributed by atoms with E-state index < -0.39 is 90.0 Å². The molecule has 1 unspecified atom stereocenters. The van der Waals surface area contributed by atoms with Crippen molar-refractivity contribution in [2.45, 2.75) is 96.7 Å². The number of aliphatic carboxylic acids is 1. The second-order valence-electron chi connectivity index (χ2n) is 13.9. The Kier molecular flexibility index (Phi) is 12.2. The molecule has 4 atom stereocenters. The predicted molar refractivity (Wildman–Crippen MR) is 171 cm³/mol. The number of ether oxygens (including phenoxy) is 2. The van der Waals surface area contributed by atoms with Gasteiger partial charge in [-0.3, -0.25) is 19.5 Å². The van der Waals surface area contributed by atoms with Crippen LogP contribution in [0.25, 0.3) is 0 Å². The molecule has 0 aliphatic carbocycles. The van der Waals surface area contributed by atoms with E-state index in [1.165, 1.54) is 13.8 Å². The van der Waals surface area contributed by atoms with E-state index in [1.54, 1.807) is 18.7 Å². The third kappa shape index (κ3) is 9.31. The van der Waals surface area contributed by atoms with Gasteiger partial charge in [-0.15, -0.1) is 0 Å². The van der Waals surface area contributed by atoms with E-state index in [4.69, 9.17) is 9.47 Å². The fourth-order valence-electron chi connectivity index (χ4n) is 6.61. The molecule has 17 heteroatoms. The maximum absolute atomic E-state index is 14.2. The van der Waals surface area contributed by atoms with Crippen LogP contribution in [-0.4, -0.2) is 78.0 Å². The Morgan fingerprint density at radius 3 is 1.96 bits per heavy atom. The molecule has 0 radical (unpaired) electrons. The first-order valence-corrected chi connectivity index (χ1v) is 16.7. The first kappa shape index (κ1) is 41.2. The van der Waals surface area contributed by atoms with E-state index in [0.717, 1.165) is 23.1 Å². The smallest absolute Gasteiger partial charge is 0.416 e. The minimum atomic E-state index is -5.13. The minimum Gasteiger partial charge on any atom is -0.481 e. The minimum absolute atomic E-state index is 0.00882. The molecule has 1 N–H and O–H groups in total. The van der Waals surface area contributed by atoms with Gasteiger partial charge in [0, 0.05) is 43.8 Å². The zero-order valence-electron chi connectivity index (χ0n) is 29.3. The Hall–Kier alpha value is -3.57. The van der Waals surface area contributed by atoms with E-state index in [1.807, 2.05) is 11.8 Å². The van der Waals surface area contributed by atoms with E-state index in [-0.39, 0.29) is 35.7 Å². The molecule has 0 bridgehead atoms. The zero-order valence-corrected chi connectivity index (χ0v) is 29.3. The summed E-state index contributed by atoms with van der Waals surface area (Å²) in [6, 6.07) is 1.04. The van der Waals surface area contributed by atoms with Crippen molar-refractivity contribution in [1.82, 2.24) is 9.80 Å². The molecule has 0 saturated carbocycles. The van der Waals surface area contributed by atoms with Gasteiger partial charge in [0.05, 0.1) is 41.0 Å². The summed E-state index contributed by atoms with van der Waals surface area (Å²) in [5.41, 5.74) is -6.05. The van der Waals surface area contributed by atoms with Crippen molar-refractivity contribution in [2.75, 3.05) is 37.8 Å². The quantitative estimate of drug-likeness (QED) is 0.243. The highest BCUT2D eigenvalue weighted by atomic mass is 19.4. The molecule has 2 aliphatic rings. The monoisotopic (exact) mass is 755 g/mol. The van der Waals surface area contributed by atoms with Gasteiger partial charge in [-0.2, -0.15) is 39.5 Å². The van der Waals surface area contributed by atoms with Gasteiger partial charge in [-0.1, -0.05) is 6.92 Å². The Labute approximate surface area is 295 Å². The molecule has 8 nitrogen and oxygen atoms in total. The number of carboxylic acid groups (broad SMARTS) is 1. The van der Waals surface area contributed by atoms with Crippen LogP contribution in [-0.2, 0) is 39.3 Å². The summed E-state index contributed by atoms with van der Waals surface area (Å²) in [5, 5.41) is 9.51. The Balaban J connectivity index is 1.90. The van der Waals surface area contributed by atoms with Crippen molar-refractivity contribution in [1.29, 1.82) is 0 Å². The van der Waals surface area contributed by atoms with Gasteiger partial charge in [0.15, 0.2) is 0 Å². The summed E-state index contributed by atoms with van der Waals surface area (Å²) in [6.45, 7) is 8.45. The van der Waals surface area contributed by atoms with Crippen LogP contribution in [0.4, 0.5) is 50.0 Å². The number of benzene rings is 2. The molecule has 1 saturated heterocycles. The number of carbonyl (C=O) groups excluding carboxylic acids is 1. The second kappa shape index (κ2) is 15.4. The summed E-state index contributed by atoms with van der Waals surface area (Å²) >= 11 is 0. The first-order valence-electron chi connectivity index (χ1n) is 16.7. The van der Waals surface area contributed by atoms with E-state index in [2.05, 4.69) is 0 Å². The summed E-state index contributed by atoms with van der Waals surface area (Å²) in [5.74, 6) is -1.26. The van der Waals surface area contributed by atoms with Crippen LogP contribution in [0.3, 0.4) is 0 Å². The molecule has 290 valence electrons.